The van der Waals surface area contributed by atoms with Gasteiger partial charge in [0.25, 0.3) is 0 Å². The van der Waals surface area contributed by atoms with Gasteiger partial charge in [-0.2, -0.15) is 0 Å². The smallest absolute Gasteiger partial charge is 0.315 e. The number of carbonyl (C=O) groups excluding carboxylic acids is 2. The van der Waals surface area contributed by atoms with Gasteiger partial charge < -0.3 is 16.2 Å². The number of rotatable bonds is 6. The van der Waals surface area contributed by atoms with Crippen molar-refractivity contribution in [2.24, 2.45) is 11.5 Å². The molecule has 76 valence electrons. The molecule has 0 aromatic heterocycles. The highest BCUT2D eigenvalue weighted by Crippen LogP contribution is 2.02. The zero-order valence-corrected chi connectivity index (χ0v) is 8.30. The van der Waals surface area contributed by atoms with E-state index in [1.165, 1.54) is 11.8 Å². The Labute approximate surface area is 81.2 Å². The highest BCUT2D eigenvalue weighted by atomic mass is 32.2. The Balaban J connectivity index is 3.44. The zero-order chi connectivity index (χ0) is 10.3. The van der Waals surface area contributed by atoms with E-state index in [4.69, 9.17) is 11.5 Å². The predicted octanol–water partition coefficient (Wildman–Crippen LogP) is -0.905. The van der Waals surface area contributed by atoms with Crippen molar-refractivity contribution < 1.29 is 14.3 Å². The van der Waals surface area contributed by atoms with Crippen LogP contribution in [0.5, 0.6) is 0 Å². The topological polar surface area (TPSA) is 95.4 Å². The molecule has 0 bridgehead atoms. The first-order chi connectivity index (χ1) is 6.07. The van der Waals surface area contributed by atoms with Gasteiger partial charge in [0.2, 0.25) is 5.91 Å². The molecule has 0 saturated carbocycles. The van der Waals surface area contributed by atoms with Gasteiger partial charge in [-0.05, 0) is 6.92 Å². The summed E-state index contributed by atoms with van der Waals surface area (Å²) in [6.07, 6.45) is 0. The number of esters is 1. The van der Waals surface area contributed by atoms with Crippen LogP contribution in [-0.4, -0.2) is 36.0 Å². The first kappa shape index (κ1) is 12.2. The van der Waals surface area contributed by atoms with Gasteiger partial charge in [-0.15, -0.1) is 11.8 Å². The molecule has 0 aliphatic carbocycles. The predicted molar refractivity (Wildman–Crippen MR) is 51.1 cm³/mol. The van der Waals surface area contributed by atoms with E-state index in [0.717, 1.165) is 0 Å². The van der Waals surface area contributed by atoms with Gasteiger partial charge in [0.15, 0.2) is 0 Å². The van der Waals surface area contributed by atoms with Crippen LogP contribution in [0.4, 0.5) is 0 Å². The van der Waals surface area contributed by atoms with Crippen LogP contribution in [0.1, 0.15) is 6.92 Å². The minimum Gasteiger partial charge on any atom is -0.465 e. The Hall–Kier alpha value is -0.750. The molecule has 1 atom stereocenters. The first-order valence-corrected chi connectivity index (χ1v) is 5.01. The number of hydrogen-bond donors (Lipinski definition) is 2. The number of thioether (sulfide) groups is 1. The maximum Gasteiger partial charge on any atom is 0.315 e. The summed E-state index contributed by atoms with van der Waals surface area (Å²) in [6.45, 7) is 2.10. The van der Waals surface area contributed by atoms with Crippen molar-refractivity contribution in [3.8, 4) is 0 Å². The summed E-state index contributed by atoms with van der Waals surface area (Å²) >= 11 is 1.24. The summed E-state index contributed by atoms with van der Waals surface area (Å²) in [4.78, 5) is 21.3. The number of nitrogens with two attached hydrogens (primary N) is 2. The van der Waals surface area contributed by atoms with Crippen LogP contribution >= 0.6 is 11.8 Å². The molecule has 0 aliphatic rings. The van der Waals surface area contributed by atoms with Gasteiger partial charge in [-0.3, -0.25) is 9.59 Å². The Morgan fingerprint density at radius 2 is 2.15 bits per heavy atom. The lowest BCUT2D eigenvalue weighted by Gasteiger charge is -2.05. The molecule has 1 unspecified atom stereocenters. The van der Waals surface area contributed by atoms with Crippen LogP contribution in [0, 0.1) is 0 Å². The summed E-state index contributed by atoms with van der Waals surface area (Å²) in [5.41, 5.74) is 10.2. The van der Waals surface area contributed by atoms with E-state index >= 15 is 0 Å². The molecule has 0 aromatic carbocycles. The lowest BCUT2D eigenvalue weighted by atomic mass is 10.3. The second-order valence-corrected chi connectivity index (χ2v) is 3.36. The second-order valence-electron chi connectivity index (χ2n) is 2.33. The third-order valence-electron chi connectivity index (χ3n) is 1.19. The van der Waals surface area contributed by atoms with E-state index in [2.05, 4.69) is 4.74 Å². The van der Waals surface area contributed by atoms with Crippen molar-refractivity contribution in [1.29, 1.82) is 0 Å². The number of carbonyl (C=O) groups is 2. The fourth-order valence-corrected chi connectivity index (χ4v) is 1.34. The largest absolute Gasteiger partial charge is 0.465 e. The summed E-state index contributed by atoms with van der Waals surface area (Å²) in [7, 11) is 0. The van der Waals surface area contributed by atoms with Crippen LogP contribution in [0.15, 0.2) is 0 Å². The van der Waals surface area contributed by atoms with Gasteiger partial charge in [-0.25, -0.2) is 0 Å². The van der Waals surface area contributed by atoms with E-state index in [0.29, 0.717) is 12.4 Å². The standard InChI is InChI=1S/C7H14N2O3S/c1-2-12-6(10)4-13-3-5(8)7(9)11/h5H,2-4,8H2,1H3,(H2,9,11). The van der Waals surface area contributed by atoms with Crippen molar-refractivity contribution in [3.63, 3.8) is 0 Å². The minimum absolute atomic E-state index is 0.203. The molecule has 4 N–H and O–H groups in total. The average Bonchev–Trinajstić information content (AvgIpc) is 2.04. The molecule has 0 rings (SSSR count). The van der Waals surface area contributed by atoms with Crippen LogP contribution < -0.4 is 11.5 Å². The van der Waals surface area contributed by atoms with Crippen molar-refractivity contribution >= 4 is 23.6 Å². The van der Waals surface area contributed by atoms with E-state index in [1.54, 1.807) is 6.92 Å². The minimum atomic E-state index is -0.695. The quantitative estimate of drug-likeness (QED) is 0.549. The molecule has 0 aromatic rings. The first-order valence-electron chi connectivity index (χ1n) is 3.86. The Bertz CT molecular complexity index is 187. The van der Waals surface area contributed by atoms with Gasteiger partial charge in [0, 0.05) is 5.75 Å². The molecule has 0 saturated heterocycles. The number of hydrogen-bond acceptors (Lipinski definition) is 5. The van der Waals surface area contributed by atoms with E-state index in [-0.39, 0.29) is 11.7 Å². The van der Waals surface area contributed by atoms with Crippen LogP contribution in [0.25, 0.3) is 0 Å². The van der Waals surface area contributed by atoms with E-state index < -0.39 is 11.9 Å². The monoisotopic (exact) mass is 206 g/mol. The molecule has 5 nitrogen and oxygen atoms in total. The highest BCUT2D eigenvalue weighted by molar-refractivity contribution is 8.00. The van der Waals surface area contributed by atoms with Crippen molar-refractivity contribution in [1.82, 2.24) is 0 Å². The summed E-state index contributed by atoms with van der Waals surface area (Å²) in [5, 5.41) is 0. The van der Waals surface area contributed by atoms with Gasteiger partial charge in [-0.1, -0.05) is 0 Å². The van der Waals surface area contributed by atoms with Crippen molar-refractivity contribution in [2.45, 2.75) is 13.0 Å². The molecule has 0 radical (unpaired) electrons. The molecule has 0 fully saturated rings. The molecule has 0 aliphatic heterocycles. The van der Waals surface area contributed by atoms with Crippen LogP contribution in [-0.2, 0) is 14.3 Å². The molecule has 6 heteroatoms. The summed E-state index contributed by atoms with van der Waals surface area (Å²) in [5.74, 6) is -0.316. The normalized spacial score (nSPS) is 12.2. The Kier molecular flexibility index (Phi) is 6.34. The zero-order valence-electron chi connectivity index (χ0n) is 7.49. The number of amides is 1. The maximum atomic E-state index is 10.8. The molecule has 0 heterocycles. The van der Waals surface area contributed by atoms with Crippen molar-refractivity contribution in [3.05, 3.63) is 0 Å². The summed E-state index contributed by atoms with van der Waals surface area (Å²) in [6, 6.07) is -0.695. The summed E-state index contributed by atoms with van der Waals surface area (Å²) < 4.78 is 4.67. The Morgan fingerprint density at radius 1 is 1.54 bits per heavy atom. The highest BCUT2D eigenvalue weighted by Gasteiger charge is 2.10. The molecule has 0 spiro atoms. The van der Waals surface area contributed by atoms with Gasteiger partial charge in [0.1, 0.15) is 0 Å². The molecular formula is C7H14N2O3S. The molecular weight excluding hydrogens is 192 g/mol. The third-order valence-corrected chi connectivity index (χ3v) is 2.22. The number of ether oxygens (including phenoxy) is 1. The third kappa shape index (κ3) is 6.41. The van der Waals surface area contributed by atoms with E-state index in [1.807, 2.05) is 0 Å². The average molecular weight is 206 g/mol. The van der Waals surface area contributed by atoms with Crippen LogP contribution in [0.3, 0.4) is 0 Å². The lowest BCUT2D eigenvalue weighted by molar-refractivity contribution is -0.139. The SMILES string of the molecule is CCOC(=O)CSCC(N)C(N)=O. The molecule has 13 heavy (non-hydrogen) atoms. The Morgan fingerprint density at radius 3 is 2.62 bits per heavy atom. The fraction of sp³-hybridized carbons (Fsp3) is 0.714. The van der Waals surface area contributed by atoms with E-state index in [9.17, 15) is 9.59 Å². The molecule has 1 amide bonds. The second kappa shape index (κ2) is 6.73. The van der Waals surface area contributed by atoms with Gasteiger partial charge in [0.05, 0.1) is 18.4 Å². The number of primary amides is 1. The van der Waals surface area contributed by atoms with Crippen LogP contribution in [0.2, 0.25) is 0 Å². The fourth-order valence-electron chi connectivity index (χ4n) is 0.554. The van der Waals surface area contributed by atoms with Gasteiger partial charge >= 0.3 is 5.97 Å². The maximum absolute atomic E-state index is 10.8. The lowest BCUT2D eigenvalue weighted by Crippen LogP contribution is -2.38. The van der Waals surface area contributed by atoms with Crippen molar-refractivity contribution in [2.75, 3.05) is 18.1 Å².